The first-order chi connectivity index (χ1) is 7.57. The van der Waals surface area contributed by atoms with Gasteiger partial charge in [0.2, 0.25) is 0 Å². The molecule has 3 nitrogen and oxygen atoms in total. The largest absolute Gasteiger partial charge is 0.377 e. The first-order valence-electron chi connectivity index (χ1n) is 6.60. The molecule has 0 amide bonds. The molecule has 0 radical (unpaired) electrons. The van der Waals surface area contributed by atoms with E-state index in [1.165, 1.54) is 12.8 Å². The summed E-state index contributed by atoms with van der Waals surface area (Å²) < 4.78 is 5.55. The van der Waals surface area contributed by atoms with Gasteiger partial charge in [0.25, 0.3) is 0 Å². The molecule has 0 spiro atoms. The number of ether oxygens (including phenoxy) is 1. The highest BCUT2D eigenvalue weighted by molar-refractivity contribution is 4.64. The summed E-state index contributed by atoms with van der Waals surface area (Å²) in [5, 5.41) is 3.44. The lowest BCUT2D eigenvalue weighted by Crippen LogP contribution is -2.35. The highest BCUT2D eigenvalue weighted by Gasteiger charge is 2.08. The van der Waals surface area contributed by atoms with Gasteiger partial charge in [0.05, 0.1) is 12.7 Å². The smallest absolute Gasteiger partial charge is 0.0596 e. The zero-order chi connectivity index (χ0) is 12.4. The molecule has 0 fully saturated rings. The molecule has 0 heterocycles. The number of nitrogens with zero attached hydrogens (tertiary/aromatic N) is 1. The maximum absolute atomic E-state index is 5.55. The summed E-state index contributed by atoms with van der Waals surface area (Å²) in [4.78, 5) is 2.37. The average Bonchev–Trinajstić information content (AvgIpc) is 2.23. The Morgan fingerprint density at radius 2 is 1.88 bits per heavy atom. The van der Waals surface area contributed by atoms with Crippen molar-refractivity contribution in [3.8, 4) is 0 Å². The van der Waals surface area contributed by atoms with E-state index in [1.54, 1.807) is 0 Å². The molecule has 16 heavy (non-hydrogen) atoms. The van der Waals surface area contributed by atoms with Gasteiger partial charge in [-0.3, -0.25) is 0 Å². The number of hydrogen-bond donors (Lipinski definition) is 1. The Labute approximate surface area is 102 Å². The van der Waals surface area contributed by atoms with E-state index >= 15 is 0 Å². The third kappa shape index (κ3) is 9.13. The van der Waals surface area contributed by atoms with E-state index in [-0.39, 0.29) is 0 Å². The van der Waals surface area contributed by atoms with Crippen molar-refractivity contribution in [2.24, 2.45) is 0 Å². The maximum atomic E-state index is 5.55. The number of likely N-dealkylation sites (N-methyl/N-ethyl adjacent to an activating group) is 1. The van der Waals surface area contributed by atoms with Gasteiger partial charge in [0.15, 0.2) is 0 Å². The van der Waals surface area contributed by atoms with Gasteiger partial charge >= 0.3 is 0 Å². The Kier molecular flexibility index (Phi) is 9.99. The van der Waals surface area contributed by atoms with Crippen molar-refractivity contribution < 1.29 is 4.74 Å². The summed E-state index contributed by atoms with van der Waals surface area (Å²) >= 11 is 0. The molecule has 0 aliphatic heterocycles. The number of hydrogen-bond acceptors (Lipinski definition) is 3. The summed E-state index contributed by atoms with van der Waals surface area (Å²) in [6.45, 7) is 12.7. The molecule has 0 aromatic carbocycles. The van der Waals surface area contributed by atoms with Crippen LogP contribution >= 0.6 is 0 Å². The van der Waals surface area contributed by atoms with Crippen molar-refractivity contribution in [3.05, 3.63) is 0 Å². The monoisotopic (exact) mass is 230 g/mol. The molecular formula is C13H30N2O. The van der Waals surface area contributed by atoms with Crippen LogP contribution in [0, 0.1) is 0 Å². The quantitative estimate of drug-likeness (QED) is 0.582. The van der Waals surface area contributed by atoms with E-state index in [9.17, 15) is 0 Å². The van der Waals surface area contributed by atoms with Gasteiger partial charge in [-0.1, -0.05) is 6.92 Å². The van der Waals surface area contributed by atoms with Crippen LogP contribution in [0.3, 0.4) is 0 Å². The molecule has 3 heteroatoms. The summed E-state index contributed by atoms with van der Waals surface area (Å²) in [6, 6.07) is 0.625. The first-order valence-corrected chi connectivity index (χ1v) is 6.60. The second-order valence-corrected chi connectivity index (χ2v) is 4.79. The second-order valence-electron chi connectivity index (χ2n) is 4.79. The van der Waals surface area contributed by atoms with Crippen LogP contribution in [0.1, 0.15) is 40.5 Å². The SMILES string of the molecule is CCCNCCC(C)N(C)CCOC(C)C. The molecule has 0 aliphatic rings. The van der Waals surface area contributed by atoms with Crippen molar-refractivity contribution in [1.29, 1.82) is 0 Å². The van der Waals surface area contributed by atoms with Crippen LogP contribution in [0.15, 0.2) is 0 Å². The molecule has 0 saturated carbocycles. The molecule has 1 N–H and O–H groups in total. The molecule has 0 aliphatic carbocycles. The van der Waals surface area contributed by atoms with E-state index in [0.29, 0.717) is 12.1 Å². The van der Waals surface area contributed by atoms with Crippen LogP contribution in [0.25, 0.3) is 0 Å². The van der Waals surface area contributed by atoms with Crippen molar-refractivity contribution in [1.82, 2.24) is 10.2 Å². The third-order valence-electron chi connectivity index (χ3n) is 2.81. The second kappa shape index (κ2) is 10.1. The van der Waals surface area contributed by atoms with Gasteiger partial charge < -0.3 is 15.0 Å². The normalized spacial score (nSPS) is 13.7. The van der Waals surface area contributed by atoms with E-state index in [4.69, 9.17) is 4.74 Å². The molecule has 0 aromatic heterocycles. The van der Waals surface area contributed by atoms with Gasteiger partial charge in [-0.25, -0.2) is 0 Å². The van der Waals surface area contributed by atoms with Crippen molar-refractivity contribution in [3.63, 3.8) is 0 Å². The highest BCUT2D eigenvalue weighted by Crippen LogP contribution is 2.00. The molecule has 0 rings (SSSR count). The predicted octanol–water partition coefficient (Wildman–Crippen LogP) is 2.12. The van der Waals surface area contributed by atoms with Gasteiger partial charge in [0, 0.05) is 12.6 Å². The zero-order valence-electron chi connectivity index (χ0n) is 11.8. The minimum Gasteiger partial charge on any atom is -0.377 e. The summed E-state index contributed by atoms with van der Waals surface area (Å²) in [6.07, 6.45) is 2.76. The summed E-state index contributed by atoms with van der Waals surface area (Å²) in [5.74, 6) is 0. The van der Waals surface area contributed by atoms with Crippen LogP contribution in [0.4, 0.5) is 0 Å². The molecular weight excluding hydrogens is 200 g/mol. The third-order valence-corrected chi connectivity index (χ3v) is 2.81. The van der Waals surface area contributed by atoms with Crippen LogP contribution < -0.4 is 5.32 Å². The van der Waals surface area contributed by atoms with Crippen molar-refractivity contribution >= 4 is 0 Å². The number of rotatable bonds is 10. The lowest BCUT2D eigenvalue weighted by Gasteiger charge is -2.25. The Morgan fingerprint density at radius 3 is 2.44 bits per heavy atom. The van der Waals surface area contributed by atoms with Gasteiger partial charge in [-0.05, 0) is 53.8 Å². The topological polar surface area (TPSA) is 24.5 Å². The van der Waals surface area contributed by atoms with Gasteiger partial charge in [-0.15, -0.1) is 0 Å². The maximum Gasteiger partial charge on any atom is 0.0596 e. The summed E-state index contributed by atoms with van der Waals surface area (Å²) in [5.41, 5.74) is 0. The highest BCUT2D eigenvalue weighted by atomic mass is 16.5. The Bertz CT molecular complexity index is 151. The zero-order valence-corrected chi connectivity index (χ0v) is 11.8. The Balaban J connectivity index is 3.45. The predicted molar refractivity (Wildman–Crippen MR) is 71.0 cm³/mol. The molecule has 0 bridgehead atoms. The Hall–Kier alpha value is -0.120. The van der Waals surface area contributed by atoms with Gasteiger partial charge in [-0.2, -0.15) is 0 Å². The van der Waals surface area contributed by atoms with Crippen LogP contribution in [0.5, 0.6) is 0 Å². The van der Waals surface area contributed by atoms with E-state index in [0.717, 1.165) is 26.2 Å². The average molecular weight is 230 g/mol. The van der Waals surface area contributed by atoms with Crippen LogP contribution in [-0.2, 0) is 4.74 Å². The van der Waals surface area contributed by atoms with Crippen LogP contribution in [-0.4, -0.2) is 50.3 Å². The number of nitrogens with one attached hydrogen (secondary N) is 1. The van der Waals surface area contributed by atoms with E-state index < -0.39 is 0 Å². The molecule has 1 atom stereocenters. The van der Waals surface area contributed by atoms with Gasteiger partial charge in [0.1, 0.15) is 0 Å². The Morgan fingerprint density at radius 1 is 1.19 bits per heavy atom. The van der Waals surface area contributed by atoms with E-state index in [2.05, 4.69) is 45.0 Å². The fourth-order valence-corrected chi connectivity index (χ4v) is 1.49. The van der Waals surface area contributed by atoms with E-state index in [1.807, 2.05) is 0 Å². The lowest BCUT2D eigenvalue weighted by molar-refractivity contribution is 0.0566. The summed E-state index contributed by atoms with van der Waals surface area (Å²) in [7, 11) is 2.17. The standard InChI is InChI=1S/C13H30N2O/c1-6-8-14-9-7-13(4)15(5)10-11-16-12(2)3/h12-14H,6-11H2,1-5H3. The molecule has 0 saturated heterocycles. The first kappa shape index (κ1) is 15.9. The van der Waals surface area contributed by atoms with Crippen molar-refractivity contribution in [2.45, 2.75) is 52.7 Å². The van der Waals surface area contributed by atoms with Crippen LogP contribution in [0.2, 0.25) is 0 Å². The lowest BCUT2D eigenvalue weighted by atomic mass is 10.2. The fourth-order valence-electron chi connectivity index (χ4n) is 1.49. The fraction of sp³-hybridized carbons (Fsp3) is 1.00. The molecule has 98 valence electrons. The minimum absolute atomic E-state index is 0.343. The molecule has 1 unspecified atom stereocenters. The molecule has 0 aromatic rings. The van der Waals surface area contributed by atoms with Crippen molar-refractivity contribution in [2.75, 3.05) is 33.3 Å². The minimum atomic E-state index is 0.343.